The number of ether oxygens (including phenoxy) is 2. The Morgan fingerprint density at radius 2 is 0.708 bits per heavy atom. The Hall–Kier alpha value is -0.0800. The van der Waals surface area contributed by atoms with Gasteiger partial charge in [0.15, 0.2) is 0 Å². The standard InChI is InChI=1S/2C11H24O/c2*1-9(8-10(2,3)4)12-11(5,6)7/h2*9H,8H2,1-7H3/t9-;/m1./s1. The van der Waals surface area contributed by atoms with Crippen molar-refractivity contribution in [2.75, 3.05) is 0 Å². The minimum Gasteiger partial charge on any atom is -0.373 e. The monoisotopic (exact) mass is 344 g/mol. The molecule has 0 aromatic carbocycles. The molecule has 0 bridgehead atoms. The van der Waals surface area contributed by atoms with Crippen LogP contribution in [0.1, 0.15) is 110 Å². The van der Waals surface area contributed by atoms with Crippen LogP contribution < -0.4 is 0 Å². The Bertz CT molecular complexity index is 252. The van der Waals surface area contributed by atoms with Crippen LogP contribution in [0.3, 0.4) is 0 Å². The van der Waals surface area contributed by atoms with Crippen molar-refractivity contribution in [1.29, 1.82) is 0 Å². The van der Waals surface area contributed by atoms with Crippen LogP contribution in [0.5, 0.6) is 0 Å². The molecule has 0 heterocycles. The molecule has 0 saturated carbocycles. The predicted molar refractivity (Wildman–Crippen MR) is 109 cm³/mol. The van der Waals surface area contributed by atoms with Crippen molar-refractivity contribution in [2.45, 2.75) is 133 Å². The minimum absolute atomic E-state index is 0.00926. The number of hydrogen-bond acceptors (Lipinski definition) is 2. The van der Waals surface area contributed by atoms with Gasteiger partial charge in [0.2, 0.25) is 0 Å². The minimum atomic E-state index is -0.00926. The van der Waals surface area contributed by atoms with Crippen LogP contribution >= 0.6 is 0 Å². The van der Waals surface area contributed by atoms with Crippen LogP contribution in [0.25, 0.3) is 0 Å². The highest BCUT2D eigenvalue weighted by Crippen LogP contribution is 2.25. The highest BCUT2D eigenvalue weighted by molar-refractivity contribution is 4.70. The van der Waals surface area contributed by atoms with Gasteiger partial charge < -0.3 is 9.47 Å². The van der Waals surface area contributed by atoms with Crippen LogP contribution in [0, 0.1) is 10.8 Å². The van der Waals surface area contributed by atoms with Crippen molar-refractivity contribution in [3.63, 3.8) is 0 Å². The fraction of sp³-hybridized carbons (Fsp3) is 1.00. The molecule has 2 atom stereocenters. The third kappa shape index (κ3) is 24.2. The quantitative estimate of drug-likeness (QED) is 0.534. The van der Waals surface area contributed by atoms with Crippen molar-refractivity contribution in [1.82, 2.24) is 0 Å². The lowest BCUT2D eigenvalue weighted by Gasteiger charge is -2.29. The molecular formula is C22H48O2. The molecule has 0 aliphatic rings. The molecule has 2 heteroatoms. The van der Waals surface area contributed by atoms with E-state index in [1.807, 2.05) is 0 Å². The SMILES string of the molecule is CC(CC(C)(C)C)OC(C)(C)C.C[C@H](CC(C)(C)C)OC(C)(C)C. The van der Waals surface area contributed by atoms with E-state index in [0.29, 0.717) is 23.0 Å². The summed E-state index contributed by atoms with van der Waals surface area (Å²) < 4.78 is 11.6. The van der Waals surface area contributed by atoms with Gasteiger partial charge in [-0.15, -0.1) is 0 Å². The normalized spacial score (nSPS) is 16.2. The molecule has 24 heavy (non-hydrogen) atoms. The van der Waals surface area contributed by atoms with Gasteiger partial charge in [-0.05, 0) is 79.1 Å². The second-order valence-corrected chi connectivity index (χ2v) is 11.6. The van der Waals surface area contributed by atoms with Crippen molar-refractivity contribution in [3.8, 4) is 0 Å². The van der Waals surface area contributed by atoms with E-state index >= 15 is 0 Å². The molecule has 0 aromatic rings. The Labute approximate surface area is 154 Å². The molecule has 1 unspecified atom stereocenters. The zero-order valence-corrected chi connectivity index (χ0v) is 19.4. The summed E-state index contributed by atoms with van der Waals surface area (Å²) in [5.74, 6) is 0. The maximum Gasteiger partial charge on any atom is 0.0602 e. The van der Waals surface area contributed by atoms with Crippen LogP contribution in [0.4, 0.5) is 0 Å². The van der Waals surface area contributed by atoms with E-state index in [1.54, 1.807) is 0 Å². The maximum absolute atomic E-state index is 5.81. The fourth-order valence-electron chi connectivity index (χ4n) is 3.02. The first kappa shape index (κ1) is 26.2. The molecule has 2 nitrogen and oxygen atoms in total. The number of hydrogen-bond donors (Lipinski definition) is 0. The lowest BCUT2D eigenvalue weighted by atomic mass is 9.89. The average Bonchev–Trinajstić information content (AvgIpc) is 2.02. The van der Waals surface area contributed by atoms with Gasteiger partial charge in [-0.25, -0.2) is 0 Å². The number of rotatable bonds is 4. The first-order valence-corrected chi connectivity index (χ1v) is 9.56. The van der Waals surface area contributed by atoms with E-state index in [2.05, 4.69) is 96.9 Å². The van der Waals surface area contributed by atoms with Gasteiger partial charge in [0, 0.05) is 0 Å². The lowest BCUT2D eigenvalue weighted by molar-refractivity contribution is -0.0656. The van der Waals surface area contributed by atoms with Crippen LogP contribution in [-0.2, 0) is 9.47 Å². The summed E-state index contributed by atoms with van der Waals surface area (Å²) in [5, 5.41) is 0. The molecule has 0 amide bonds. The Morgan fingerprint density at radius 1 is 0.500 bits per heavy atom. The van der Waals surface area contributed by atoms with Gasteiger partial charge in [0.05, 0.1) is 23.4 Å². The highest BCUT2D eigenvalue weighted by atomic mass is 16.5. The van der Waals surface area contributed by atoms with E-state index < -0.39 is 0 Å². The maximum atomic E-state index is 5.81. The van der Waals surface area contributed by atoms with E-state index in [1.165, 1.54) is 0 Å². The zero-order chi connectivity index (χ0) is 20.0. The summed E-state index contributed by atoms with van der Waals surface area (Å²) in [4.78, 5) is 0. The molecule has 0 N–H and O–H groups in total. The predicted octanol–water partition coefficient (Wildman–Crippen LogP) is 7.25. The molecule has 0 saturated heterocycles. The van der Waals surface area contributed by atoms with Gasteiger partial charge >= 0.3 is 0 Å². The van der Waals surface area contributed by atoms with Gasteiger partial charge in [-0.3, -0.25) is 0 Å². The van der Waals surface area contributed by atoms with Crippen molar-refractivity contribution in [2.24, 2.45) is 10.8 Å². The molecule has 0 radical (unpaired) electrons. The summed E-state index contributed by atoms with van der Waals surface area (Å²) in [5.41, 5.74) is 0.713. The Kier molecular flexibility index (Phi) is 10.4. The highest BCUT2D eigenvalue weighted by Gasteiger charge is 2.21. The summed E-state index contributed by atoms with van der Waals surface area (Å²) in [7, 11) is 0. The second kappa shape index (κ2) is 9.57. The van der Waals surface area contributed by atoms with Gasteiger partial charge in [-0.1, -0.05) is 41.5 Å². The summed E-state index contributed by atoms with van der Waals surface area (Å²) in [6.45, 7) is 30.4. The van der Waals surface area contributed by atoms with Crippen molar-refractivity contribution >= 4 is 0 Å². The summed E-state index contributed by atoms with van der Waals surface area (Å²) in [6.07, 6.45) is 2.93. The van der Waals surface area contributed by atoms with Crippen molar-refractivity contribution in [3.05, 3.63) is 0 Å². The second-order valence-electron chi connectivity index (χ2n) is 11.6. The van der Waals surface area contributed by atoms with Crippen LogP contribution in [-0.4, -0.2) is 23.4 Å². The van der Waals surface area contributed by atoms with Gasteiger partial charge in [0.25, 0.3) is 0 Å². The fourth-order valence-corrected chi connectivity index (χ4v) is 3.02. The lowest BCUT2D eigenvalue weighted by Crippen LogP contribution is -2.28. The summed E-state index contributed by atoms with van der Waals surface area (Å²) in [6, 6.07) is 0. The smallest absolute Gasteiger partial charge is 0.0602 e. The Balaban J connectivity index is 0. The van der Waals surface area contributed by atoms with E-state index in [4.69, 9.17) is 9.47 Å². The van der Waals surface area contributed by atoms with E-state index in [0.717, 1.165) is 12.8 Å². The van der Waals surface area contributed by atoms with Gasteiger partial charge in [0.1, 0.15) is 0 Å². The van der Waals surface area contributed by atoms with Gasteiger partial charge in [-0.2, -0.15) is 0 Å². The first-order chi connectivity index (χ1) is 10.2. The largest absolute Gasteiger partial charge is 0.373 e. The molecule has 0 aromatic heterocycles. The third-order valence-corrected chi connectivity index (χ3v) is 2.91. The average molecular weight is 345 g/mol. The third-order valence-electron chi connectivity index (χ3n) is 2.91. The van der Waals surface area contributed by atoms with E-state index in [9.17, 15) is 0 Å². The molecule has 0 aliphatic heterocycles. The molecule has 0 aliphatic carbocycles. The molecule has 0 fully saturated rings. The van der Waals surface area contributed by atoms with E-state index in [-0.39, 0.29) is 11.2 Å². The van der Waals surface area contributed by atoms with Crippen LogP contribution in [0.15, 0.2) is 0 Å². The molecule has 0 rings (SSSR count). The summed E-state index contributed by atoms with van der Waals surface area (Å²) >= 11 is 0. The van der Waals surface area contributed by atoms with Crippen LogP contribution in [0.2, 0.25) is 0 Å². The Morgan fingerprint density at radius 3 is 0.833 bits per heavy atom. The molecule has 148 valence electrons. The topological polar surface area (TPSA) is 18.5 Å². The first-order valence-electron chi connectivity index (χ1n) is 9.56. The zero-order valence-electron chi connectivity index (χ0n) is 19.4. The van der Waals surface area contributed by atoms with Crippen molar-refractivity contribution < 1.29 is 9.47 Å². The molecule has 0 spiro atoms. The molecular weight excluding hydrogens is 296 g/mol.